The van der Waals surface area contributed by atoms with E-state index in [4.69, 9.17) is 4.42 Å². The maximum Gasteiger partial charge on any atom is 0.318 e. The number of fused-ring (bicyclic) bond motifs is 1. The molecule has 2 aromatic rings. The molecule has 3 rings (SSSR count). The van der Waals surface area contributed by atoms with Crippen LogP contribution in [0, 0.1) is 12.8 Å². The van der Waals surface area contributed by atoms with Crippen molar-refractivity contribution < 1.29 is 14.3 Å². The Morgan fingerprint density at radius 2 is 2.17 bits per heavy atom. The Morgan fingerprint density at radius 1 is 1.43 bits per heavy atom. The zero-order valence-corrected chi connectivity index (χ0v) is 13.9. The average molecular weight is 316 g/mol. The minimum Gasteiger partial charge on any atom is -0.459 e. The van der Waals surface area contributed by atoms with Gasteiger partial charge < -0.3 is 19.7 Å². The smallest absolute Gasteiger partial charge is 0.318 e. The van der Waals surface area contributed by atoms with Crippen molar-refractivity contribution in [3.8, 4) is 0 Å². The van der Waals surface area contributed by atoms with Gasteiger partial charge in [-0.2, -0.15) is 0 Å². The number of rotatable bonds is 2. The monoisotopic (exact) mass is 316 g/mol. The molecule has 5 heteroatoms. The number of carbonyl (C=O) groups excluding carboxylic acids is 1. The van der Waals surface area contributed by atoms with Gasteiger partial charge in [0.05, 0.1) is 12.1 Å². The van der Waals surface area contributed by atoms with Gasteiger partial charge in [-0.1, -0.05) is 25.1 Å². The number of nitrogens with one attached hydrogen (secondary N) is 1. The molecule has 0 spiro atoms. The normalized spacial score (nSPS) is 23.0. The highest BCUT2D eigenvalue weighted by Gasteiger charge is 2.28. The first-order valence-corrected chi connectivity index (χ1v) is 8.19. The molecule has 0 radical (unpaired) electrons. The number of β-amino-alcohol motifs (C(OH)–C–C–N with tert-alkyl or cyclic N) is 1. The molecule has 2 N–H and O–H groups in total. The summed E-state index contributed by atoms with van der Waals surface area (Å²) < 4.78 is 5.90. The molecule has 124 valence electrons. The number of piperidine rings is 1. The number of furan rings is 1. The lowest BCUT2D eigenvalue weighted by Crippen LogP contribution is -2.50. The van der Waals surface area contributed by atoms with Crippen molar-refractivity contribution >= 4 is 17.0 Å². The van der Waals surface area contributed by atoms with Gasteiger partial charge in [0.2, 0.25) is 0 Å². The van der Waals surface area contributed by atoms with Crippen molar-refractivity contribution in [3.05, 3.63) is 35.6 Å². The zero-order valence-electron chi connectivity index (χ0n) is 13.9. The second kappa shape index (κ2) is 6.24. The fourth-order valence-electron chi connectivity index (χ4n) is 3.18. The first-order valence-electron chi connectivity index (χ1n) is 8.19. The van der Waals surface area contributed by atoms with Crippen LogP contribution in [0.1, 0.15) is 37.6 Å². The van der Waals surface area contributed by atoms with Gasteiger partial charge in [0.1, 0.15) is 11.3 Å². The second-order valence-corrected chi connectivity index (χ2v) is 6.54. The number of hydrogen-bond acceptors (Lipinski definition) is 3. The second-order valence-electron chi connectivity index (χ2n) is 6.54. The molecule has 23 heavy (non-hydrogen) atoms. The number of hydrogen-bond donors (Lipinski definition) is 2. The average Bonchev–Trinajstić information content (AvgIpc) is 2.87. The van der Waals surface area contributed by atoms with Crippen LogP contribution in [0.3, 0.4) is 0 Å². The third-order valence-electron chi connectivity index (χ3n) is 4.82. The van der Waals surface area contributed by atoms with Crippen LogP contribution in [-0.4, -0.2) is 35.2 Å². The van der Waals surface area contributed by atoms with E-state index in [1.807, 2.05) is 45.0 Å². The summed E-state index contributed by atoms with van der Waals surface area (Å²) in [5.41, 5.74) is 1.89. The van der Waals surface area contributed by atoms with Crippen LogP contribution in [0.25, 0.3) is 11.0 Å². The van der Waals surface area contributed by atoms with Gasteiger partial charge in [-0.3, -0.25) is 0 Å². The summed E-state index contributed by atoms with van der Waals surface area (Å²) in [6, 6.07) is 7.51. The van der Waals surface area contributed by atoms with Crippen molar-refractivity contribution in [2.75, 3.05) is 13.1 Å². The van der Waals surface area contributed by atoms with Gasteiger partial charge in [0, 0.05) is 24.0 Å². The highest BCUT2D eigenvalue weighted by molar-refractivity contribution is 5.82. The topological polar surface area (TPSA) is 65.7 Å². The summed E-state index contributed by atoms with van der Waals surface area (Å²) in [5, 5.41) is 14.0. The Balaban J connectivity index is 1.71. The molecule has 0 aliphatic carbocycles. The molecular weight excluding hydrogens is 292 g/mol. The first kappa shape index (κ1) is 15.9. The quantitative estimate of drug-likeness (QED) is 0.894. The molecule has 1 saturated heterocycles. The number of urea groups is 1. The standard InChI is InChI=1S/C18H24N2O3/c1-11-8-9-20(10-15(11)21)18(22)19-13(3)17-12(2)14-6-4-5-7-16(14)23-17/h4-7,11,13,15,21H,8-10H2,1-3H3,(H,19,22). The fourth-order valence-corrected chi connectivity index (χ4v) is 3.18. The van der Waals surface area contributed by atoms with Crippen LogP contribution in [-0.2, 0) is 0 Å². The fraction of sp³-hybridized carbons (Fsp3) is 0.500. The maximum atomic E-state index is 12.4. The predicted molar refractivity (Wildman–Crippen MR) is 89.3 cm³/mol. The molecule has 1 aliphatic heterocycles. The summed E-state index contributed by atoms with van der Waals surface area (Å²) in [4.78, 5) is 14.1. The molecule has 0 bridgehead atoms. The minimum absolute atomic E-state index is 0.150. The lowest BCUT2D eigenvalue weighted by atomic mass is 9.96. The predicted octanol–water partition coefficient (Wildman–Crippen LogP) is 3.21. The summed E-state index contributed by atoms with van der Waals surface area (Å²) in [7, 11) is 0. The Labute approximate surface area is 136 Å². The molecule has 3 atom stereocenters. The van der Waals surface area contributed by atoms with Crippen LogP contribution < -0.4 is 5.32 Å². The molecule has 1 aromatic heterocycles. The van der Waals surface area contributed by atoms with E-state index in [1.54, 1.807) is 4.90 Å². The van der Waals surface area contributed by atoms with Crippen molar-refractivity contribution in [1.82, 2.24) is 10.2 Å². The molecule has 2 heterocycles. The molecule has 1 fully saturated rings. The van der Waals surface area contributed by atoms with Crippen molar-refractivity contribution in [3.63, 3.8) is 0 Å². The highest BCUT2D eigenvalue weighted by Crippen LogP contribution is 2.29. The third-order valence-corrected chi connectivity index (χ3v) is 4.82. The Morgan fingerprint density at radius 3 is 2.87 bits per heavy atom. The van der Waals surface area contributed by atoms with Crippen LogP contribution in [0.15, 0.2) is 28.7 Å². The SMILES string of the molecule is Cc1c(C(C)NC(=O)N2CCC(C)C(O)C2)oc2ccccc12. The molecule has 3 unspecified atom stereocenters. The van der Waals surface area contributed by atoms with Gasteiger partial charge in [-0.25, -0.2) is 4.79 Å². The van der Waals surface area contributed by atoms with Crippen molar-refractivity contribution in [2.24, 2.45) is 5.92 Å². The number of amides is 2. The molecule has 0 saturated carbocycles. The number of likely N-dealkylation sites (tertiary alicyclic amines) is 1. The number of aryl methyl sites for hydroxylation is 1. The molecular formula is C18H24N2O3. The van der Waals surface area contributed by atoms with E-state index in [9.17, 15) is 9.90 Å². The van der Waals surface area contributed by atoms with Crippen LogP contribution >= 0.6 is 0 Å². The number of aliphatic hydroxyl groups is 1. The Hall–Kier alpha value is -2.01. The lowest BCUT2D eigenvalue weighted by Gasteiger charge is -2.34. The summed E-state index contributed by atoms with van der Waals surface area (Å²) in [6.45, 7) is 7.01. The summed E-state index contributed by atoms with van der Waals surface area (Å²) in [6.07, 6.45) is 0.379. The number of para-hydroxylation sites is 1. The molecule has 2 amide bonds. The van der Waals surface area contributed by atoms with E-state index in [-0.39, 0.29) is 18.0 Å². The van der Waals surface area contributed by atoms with E-state index in [0.29, 0.717) is 13.1 Å². The third kappa shape index (κ3) is 3.06. The van der Waals surface area contributed by atoms with E-state index >= 15 is 0 Å². The zero-order chi connectivity index (χ0) is 16.6. The minimum atomic E-state index is -0.447. The maximum absolute atomic E-state index is 12.4. The van der Waals surface area contributed by atoms with Crippen LogP contribution in [0.2, 0.25) is 0 Å². The largest absolute Gasteiger partial charge is 0.459 e. The van der Waals surface area contributed by atoms with E-state index in [2.05, 4.69) is 5.32 Å². The highest BCUT2D eigenvalue weighted by atomic mass is 16.3. The van der Waals surface area contributed by atoms with Crippen LogP contribution in [0.4, 0.5) is 4.79 Å². The lowest BCUT2D eigenvalue weighted by molar-refractivity contribution is 0.0429. The summed E-state index contributed by atoms with van der Waals surface area (Å²) in [5.74, 6) is 1.03. The van der Waals surface area contributed by atoms with Gasteiger partial charge in [-0.05, 0) is 32.3 Å². The number of carbonyl (C=O) groups is 1. The van der Waals surface area contributed by atoms with E-state index in [0.717, 1.165) is 28.7 Å². The van der Waals surface area contributed by atoms with Gasteiger partial charge in [-0.15, -0.1) is 0 Å². The van der Waals surface area contributed by atoms with Crippen molar-refractivity contribution in [2.45, 2.75) is 39.3 Å². The summed E-state index contributed by atoms with van der Waals surface area (Å²) >= 11 is 0. The van der Waals surface area contributed by atoms with Crippen LogP contribution in [0.5, 0.6) is 0 Å². The van der Waals surface area contributed by atoms with Gasteiger partial charge in [0.15, 0.2) is 0 Å². The van der Waals surface area contributed by atoms with Gasteiger partial charge >= 0.3 is 6.03 Å². The molecule has 1 aromatic carbocycles. The van der Waals surface area contributed by atoms with E-state index in [1.165, 1.54) is 0 Å². The van der Waals surface area contributed by atoms with E-state index < -0.39 is 6.10 Å². The number of benzene rings is 1. The number of aliphatic hydroxyl groups excluding tert-OH is 1. The van der Waals surface area contributed by atoms with Crippen molar-refractivity contribution in [1.29, 1.82) is 0 Å². The first-order chi connectivity index (χ1) is 11.0. The Bertz CT molecular complexity index is 709. The number of nitrogens with zero attached hydrogens (tertiary/aromatic N) is 1. The van der Waals surface area contributed by atoms with Gasteiger partial charge in [0.25, 0.3) is 0 Å². The molecule has 5 nitrogen and oxygen atoms in total. The molecule has 1 aliphatic rings. The Kier molecular flexibility index (Phi) is 4.31.